The number of phenolic OH excluding ortho intramolecular Hbond substituents is 2. The Labute approximate surface area is 145 Å². The number of aliphatic hydroxyl groups excluding tert-OH is 4. The molecule has 0 aromatic heterocycles. The minimum atomic E-state index is -1.20. The number of hydrogen-bond acceptors (Lipinski definition) is 6. The van der Waals surface area contributed by atoms with E-state index >= 15 is 0 Å². The highest BCUT2D eigenvalue weighted by molar-refractivity contribution is 5.76. The van der Waals surface area contributed by atoms with Gasteiger partial charge in [0, 0.05) is 30.4 Å². The van der Waals surface area contributed by atoms with Crippen molar-refractivity contribution in [1.29, 1.82) is 0 Å². The minimum Gasteiger partial charge on any atom is -0.507 e. The Bertz CT molecular complexity index is 696. The second-order valence-electron chi connectivity index (χ2n) is 6.62. The van der Waals surface area contributed by atoms with Gasteiger partial charge in [-0.3, -0.25) is 0 Å². The third-order valence-corrected chi connectivity index (χ3v) is 4.67. The van der Waals surface area contributed by atoms with Gasteiger partial charge in [-0.05, 0) is 35.4 Å². The largest absolute Gasteiger partial charge is 0.507 e. The van der Waals surface area contributed by atoms with E-state index in [-0.39, 0.29) is 30.8 Å². The number of aliphatic hydroxyl groups is 4. The summed E-state index contributed by atoms with van der Waals surface area (Å²) in [5, 5.41) is 60.9. The van der Waals surface area contributed by atoms with Gasteiger partial charge in [0.05, 0.1) is 24.4 Å². The molecule has 1 aliphatic carbocycles. The molecule has 0 spiro atoms. The van der Waals surface area contributed by atoms with E-state index in [0.717, 1.165) is 0 Å². The molecule has 0 aliphatic heterocycles. The van der Waals surface area contributed by atoms with Crippen LogP contribution in [-0.4, -0.2) is 55.1 Å². The highest BCUT2D eigenvalue weighted by Gasteiger charge is 2.26. The van der Waals surface area contributed by atoms with E-state index in [9.17, 15) is 30.6 Å². The predicted molar refractivity (Wildman–Crippen MR) is 91.3 cm³/mol. The van der Waals surface area contributed by atoms with Crippen LogP contribution in [0, 0.1) is 0 Å². The van der Waals surface area contributed by atoms with Crippen molar-refractivity contribution in [2.75, 3.05) is 0 Å². The molecule has 6 nitrogen and oxygen atoms in total. The molecule has 0 amide bonds. The molecular formula is C19H22O6. The second-order valence-corrected chi connectivity index (χ2v) is 6.62. The van der Waals surface area contributed by atoms with Gasteiger partial charge in [-0.25, -0.2) is 0 Å². The van der Waals surface area contributed by atoms with Gasteiger partial charge in [-0.15, -0.1) is 0 Å². The monoisotopic (exact) mass is 346 g/mol. The zero-order valence-electron chi connectivity index (χ0n) is 13.6. The van der Waals surface area contributed by atoms with Crippen molar-refractivity contribution in [2.24, 2.45) is 0 Å². The van der Waals surface area contributed by atoms with Gasteiger partial charge in [-0.2, -0.15) is 0 Å². The van der Waals surface area contributed by atoms with Gasteiger partial charge >= 0.3 is 0 Å². The molecular weight excluding hydrogens is 324 g/mol. The lowest BCUT2D eigenvalue weighted by molar-refractivity contribution is -0.0469. The van der Waals surface area contributed by atoms with Crippen LogP contribution in [0.4, 0.5) is 0 Å². The van der Waals surface area contributed by atoms with Crippen molar-refractivity contribution in [3.05, 3.63) is 47.5 Å². The first-order chi connectivity index (χ1) is 11.8. The van der Waals surface area contributed by atoms with Gasteiger partial charge in [0.15, 0.2) is 0 Å². The molecule has 3 rings (SSSR count). The van der Waals surface area contributed by atoms with Gasteiger partial charge < -0.3 is 30.6 Å². The normalized spacial score (nSPS) is 27.0. The van der Waals surface area contributed by atoms with E-state index in [1.165, 1.54) is 12.1 Å². The van der Waals surface area contributed by atoms with Crippen LogP contribution >= 0.6 is 0 Å². The summed E-state index contributed by atoms with van der Waals surface area (Å²) in [4.78, 5) is 0. The maximum absolute atomic E-state index is 10.2. The lowest BCUT2D eigenvalue weighted by Gasteiger charge is -2.23. The lowest BCUT2D eigenvalue weighted by Crippen LogP contribution is -2.37. The van der Waals surface area contributed by atoms with Crippen LogP contribution < -0.4 is 0 Å². The van der Waals surface area contributed by atoms with E-state index in [0.29, 0.717) is 22.3 Å². The molecule has 134 valence electrons. The molecule has 4 atom stereocenters. The summed E-state index contributed by atoms with van der Waals surface area (Å²) >= 11 is 0. The average Bonchev–Trinajstić information content (AvgIpc) is 2.57. The van der Waals surface area contributed by atoms with Crippen LogP contribution in [0.3, 0.4) is 0 Å². The number of benzene rings is 2. The fraction of sp³-hybridized carbons (Fsp3) is 0.368. The maximum Gasteiger partial charge on any atom is 0.123 e. The van der Waals surface area contributed by atoms with Crippen LogP contribution in [0.1, 0.15) is 17.5 Å². The number of fused-ring (bicyclic) bond motifs is 5. The molecule has 4 unspecified atom stereocenters. The van der Waals surface area contributed by atoms with E-state index in [1.807, 2.05) is 0 Å². The van der Waals surface area contributed by atoms with E-state index in [1.54, 1.807) is 24.3 Å². The summed E-state index contributed by atoms with van der Waals surface area (Å²) in [6, 6.07) is 9.49. The number of rotatable bonds is 0. The smallest absolute Gasteiger partial charge is 0.123 e. The fourth-order valence-electron chi connectivity index (χ4n) is 3.17. The molecule has 6 N–H and O–H groups in total. The third-order valence-electron chi connectivity index (χ3n) is 4.67. The van der Waals surface area contributed by atoms with Crippen molar-refractivity contribution in [3.63, 3.8) is 0 Å². The number of phenols is 2. The summed E-state index contributed by atoms with van der Waals surface area (Å²) in [6.45, 7) is 0. The number of hydrogen-bond donors (Lipinski definition) is 6. The van der Waals surface area contributed by atoms with E-state index in [4.69, 9.17) is 0 Å². The molecule has 0 fully saturated rings. The molecule has 0 saturated heterocycles. The Morgan fingerprint density at radius 2 is 1.00 bits per heavy atom. The molecule has 0 saturated carbocycles. The average molecular weight is 346 g/mol. The Balaban J connectivity index is 2.12. The minimum absolute atomic E-state index is 0.0262. The molecule has 2 aromatic rings. The maximum atomic E-state index is 10.2. The fourth-order valence-corrected chi connectivity index (χ4v) is 3.17. The molecule has 25 heavy (non-hydrogen) atoms. The van der Waals surface area contributed by atoms with Gasteiger partial charge in [-0.1, -0.05) is 12.1 Å². The third kappa shape index (κ3) is 3.77. The topological polar surface area (TPSA) is 121 Å². The quantitative estimate of drug-likeness (QED) is 0.418. The summed E-state index contributed by atoms with van der Waals surface area (Å²) in [7, 11) is 0. The molecule has 4 bridgehead atoms. The van der Waals surface area contributed by atoms with Crippen molar-refractivity contribution in [1.82, 2.24) is 0 Å². The first kappa shape index (κ1) is 17.7. The standard InChI is InChI=1S/C19H22O6/c20-14-3-1-10-5-12(14)13-6-11(2-4-15(13)21)8-17(23)19(25)9-18(24)16(22)7-10/h1-6,16-25H,7-9H2. The summed E-state index contributed by atoms with van der Waals surface area (Å²) < 4.78 is 0. The summed E-state index contributed by atoms with van der Waals surface area (Å²) in [6.07, 6.45) is -4.58. The highest BCUT2D eigenvalue weighted by Crippen LogP contribution is 2.37. The first-order valence-corrected chi connectivity index (χ1v) is 8.21. The Morgan fingerprint density at radius 3 is 1.40 bits per heavy atom. The van der Waals surface area contributed by atoms with E-state index < -0.39 is 24.4 Å². The summed E-state index contributed by atoms with van der Waals surface area (Å²) in [5.74, 6) is -0.0524. The van der Waals surface area contributed by atoms with Crippen LogP contribution in [0.15, 0.2) is 36.4 Å². The highest BCUT2D eigenvalue weighted by atomic mass is 16.3. The van der Waals surface area contributed by atoms with Crippen molar-refractivity contribution in [3.8, 4) is 22.6 Å². The lowest BCUT2D eigenvalue weighted by atomic mass is 9.96. The van der Waals surface area contributed by atoms with Crippen LogP contribution in [-0.2, 0) is 12.8 Å². The SMILES string of the molecule is Oc1ccc2cc1-c1cc(ccc1O)CC(O)C(O)CC(O)C(O)C2. The van der Waals surface area contributed by atoms with E-state index in [2.05, 4.69) is 0 Å². The Hall–Kier alpha value is -2.12. The second kappa shape index (κ2) is 7.01. The Kier molecular flexibility index (Phi) is 4.96. The van der Waals surface area contributed by atoms with Crippen molar-refractivity contribution >= 4 is 0 Å². The summed E-state index contributed by atoms with van der Waals surface area (Å²) in [5.41, 5.74) is 2.12. The zero-order chi connectivity index (χ0) is 18.1. The molecule has 0 heterocycles. The number of aromatic hydroxyl groups is 2. The molecule has 6 heteroatoms. The molecule has 2 aromatic carbocycles. The first-order valence-electron chi connectivity index (χ1n) is 8.21. The van der Waals surface area contributed by atoms with Crippen LogP contribution in [0.25, 0.3) is 11.1 Å². The predicted octanol–water partition coefficient (Wildman–Crippen LogP) is 0.697. The van der Waals surface area contributed by atoms with Crippen LogP contribution in [0.2, 0.25) is 0 Å². The van der Waals surface area contributed by atoms with Gasteiger partial charge in [0.1, 0.15) is 11.5 Å². The van der Waals surface area contributed by atoms with Gasteiger partial charge in [0.2, 0.25) is 0 Å². The van der Waals surface area contributed by atoms with Crippen molar-refractivity contribution in [2.45, 2.75) is 43.7 Å². The molecule has 1 aliphatic rings. The van der Waals surface area contributed by atoms with Gasteiger partial charge in [0.25, 0.3) is 0 Å². The zero-order valence-corrected chi connectivity index (χ0v) is 13.6. The van der Waals surface area contributed by atoms with Crippen molar-refractivity contribution < 1.29 is 30.6 Å². The Morgan fingerprint density at radius 1 is 0.600 bits per heavy atom. The molecule has 0 radical (unpaired) electrons. The van der Waals surface area contributed by atoms with Crippen LogP contribution in [0.5, 0.6) is 11.5 Å².